The molecule has 2 atom stereocenters. The van der Waals surface area contributed by atoms with E-state index in [1.807, 2.05) is 31.2 Å². The summed E-state index contributed by atoms with van der Waals surface area (Å²) >= 11 is 0. The topological polar surface area (TPSA) is 92.8 Å². The fourth-order valence-electron chi connectivity index (χ4n) is 3.20. The fraction of sp³-hybridized carbons (Fsp3) is 0.304. The summed E-state index contributed by atoms with van der Waals surface area (Å²) in [5, 5.41) is 2.65. The van der Waals surface area contributed by atoms with Gasteiger partial charge in [0, 0.05) is 29.9 Å². The number of esters is 1. The monoisotopic (exact) mass is 408 g/mol. The number of carbonyl (C=O) groups is 4. The summed E-state index contributed by atoms with van der Waals surface area (Å²) in [5.74, 6) is -1.90. The molecule has 30 heavy (non-hydrogen) atoms. The van der Waals surface area contributed by atoms with Gasteiger partial charge in [-0.2, -0.15) is 0 Å². The van der Waals surface area contributed by atoms with Crippen LogP contribution in [0.5, 0.6) is 0 Å². The SMILES string of the molecule is CC(=O)c1ccc(NC(=O)C(C)OC(=O)C2CC(=O)N(c3ccc(C)cc3)C2)cc1. The molecule has 0 spiro atoms. The van der Waals surface area contributed by atoms with Gasteiger partial charge in [-0.3, -0.25) is 19.2 Å². The van der Waals surface area contributed by atoms with E-state index in [-0.39, 0.29) is 24.7 Å². The lowest BCUT2D eigenvalue weighted by Crippen LogP contribution is -2.33. The fourth-order valence-corrected chi connectivity index (χ4v) is 3.20. The predicted octanol–water partition coefficient (Wildman–Crippen LogP) is 3.12. The zero-order valence-electron chi connectivity index (χ0n) is 17.2. The molecular formula is C23H24N2O5. The van der Waals surface area contributed by atoms with Crippen LogP contribution >= 0.6 is 0 Å². The number of hydrogen-bond donors (Lipinski definition) is 1. The molecule has 7 nitrogen and oxygen atoms in total. The molecule has 2 amide bonds. The van der Waals surface area contributed by atoms with Gasteiger partial charge in [-0.15, -0.1) is 0 Å². The summed E-state index contributed by atoms with van der Waals surface area (Å²) in [6.07, 6.45) is -0.971. The number of benzene rings is 2. The largest absolute Gasteiger partial charge is 0.452 e. The van der Waals surface area contributed by atoms with Crippen molar-refractivity contribution in [3.05, 3.63) is 59.7 Å². The highest BCUT2D eigenvalue weighted by Crippen LogP contribution is 2.26. The summed E-state index contributed by atoms with van der Waals surface area (Å²) < 4.78 is 5.30. The Morgan fingerprint density at radius 1 is 1.07 bits per heavy atom. The number of rotatable bonds is 6. The van der Waals surface area contributed by atoms with E-state index >= 15 is 0 Å². The van der Waals surface area contributed by atoms with E-state index in [9.17, 15) is 19.2 Å². The summed E-state index contributed by atoms with van der Waals surface area (Å²) in [4.78, 5) is 50.0. The van der Waals surface area contributed by atoms with Crippen LogP contribution in [0, 0.1) is 12.8 Å². The molecule has 2 aromatic carbocycles. The van der Waals surface area contributed by atoms with Gasteiger partial charge < -0.3 is 15.0 Å². The second kappa shape index (κ2) is 8.90. The first kappa shape index (κ1) is 21.2. The quantitative estimate of drug-likeness (QED) is 0.586. The van der Waals surface area contributed by atoms with Crippen molar-refractivity contribution in [3.63, 3.8) is 0 Å². The maximum atomic E-state index is 12.5. The Labute approximate surface area is 175 Å². The summed E-state index contributed by atoms with van der Waals surface area (Å²) in [6.45, 7) is 5.12. The lowest BCUT2D eigenvalue weighted by Gasteiger charge is -2.18. The Hall–Kier alpha value is -3.48. The number of anilines is 2. The van der Waals surface area contributed by atoms with Gasteiger partial charge in [-0.1, -0.05) is 17.7 Å². The maximum absolute atomic E-state index is 12.5. The first-order valence-corrected chi connectivity index (χ1v) is 9.74. The van der Waals surface area contributed by atoms with Crippen LogP contribution in [0.4, 0.5) is 11.4 Å². The number of aryl methyl sites for hydroxylation is 1. The number of Topliss-reactive ketones (excluding diaryl/α,β-unsaturated/α-hetero) is 1. The predicted molar refractivity (Wildman–Crippen MR) is 112 cm³/mol. The smallest absolute Gasteiger partial charge is 0.312 e. The van der Waals surface area contributed by atoms with Crippen molar-refractivity contribution in [2.75, 3.05) is 16.8 Å². The van der Waals surface area contributed by atoms with E-state index in [2.05, 4.69) is 5.32 Å². The molecule has 1 N–H and O–H groups in total. The van der Waals surface area contributed by atoms with Crippen LogP contribution < -0.4 is 10.2 Å². The van der Waals surface area contributed by atoms with Gasteiger partial charge in [-0.05, 0) is 57.2 Å². The second-order valence-corrected chi connectivity index (χ2v) is 7.44. The molecule has 1 saturated heterocycles. The molecule has 0 bridgehead atoms. The van der Waals surface area contributed by atoms with Gasteiger partial charge >= 0.3 is 5.97 Å². The van der Waals surface area contributed by atoms with Gasteiger partial charge in [0.25, 0.3) is 5.91 Å². The van der Waals surface area contributed by atoms with Crippen molar-refractivity contribution in [1.29, 1.82) is 0 Å². The number of carbonyl (C=O) groups excluding carboxylic acids is 4. The molecule has 1 heterocycles. The van der Waals surface area contributed by atoms with Crippen LogP contribution in [-0.4, -0.2) is 36.2 Å². The van der Waals surface area contributed by atoms with Gasteiger partial charge in [0.05, 0.1) is 5.92 Å². The Bertz CT molecular complexity index is 966. The van der Waals surface area contributed by atoms with E-state index in [0.717, 1.165) is 11.3 Å². The molecule has 1 aliphatic heterocycles. The number of nitrogens with one attached hydrogen (secondary N) is 1. The van der Waals surface area contributed by atoms with Crippen LogP contribution in [0.3, 0.4) is 0 Å². The third-order valence-corrected chi connectivity index (χ3v) is 5.03. The highest BCUT2D eigenvalue weighted by atomic mass is 16.5. The van der Waals surface area contributed by atoms with Crippen molar-refractivity contribution >= 4 is 34.9 Å². The van der Waals surface area contributed by atoms with Gasteiger partial charge in [-0.25, -0.2) is 0 Å². The number of hydrogen-bond acceptors (Lipinski definition) is 5. The minimum atomic E-state index is -1.02. The lowest BCUT2D eigenvalue weighted by atomic mass is 10.1. The molecule has 0 aromatic heterocycles. The molecular weight excluding hydrogens is 384 g/mol. The number of ether oxygens (including phenoxy) is 1. The zero-order chi connectivity index (χ0) is 21.8. The molecule has 7 heteroatoms. The average Bonchev–Trinajstić information content (AvgIpc) is 3.10. The minimum absolute atomic E-state index is 0.0492. The zero-order valence-corrected chi connectivity index (χ0v) is 17.2. The van der Waals surface area contributed by atoms with Gasteiger partial charge in [0.2, 0.25) is 5.91 Å². The Morgan fingerprint density at radius 2 is 1.70 bits per heavy atom. The third-order valence-electron chi connectivity index (χ3n) is 5.03. The van der Waals surface area contributed by atoms with Crippen LogP contribution in [-0.2, 0) is 19.1 Å². The number of ketones is 1. The van der Waals surface area contributed by atoms with Crippen molar-refractivity contribution in [3.8, 4) is 0 Å². The number of amides is 2. The minimum Gasteiger partial charge on any atom is -0.452 e. The second-order valence-electron chi connectivity index (χ2n) is 7.44. The van der Waals surface area contributed by atoms with E-state index in [0.29, 0.717) is 11.3 Å². The summed E-state index contributed by atoms with van der Waals surface area (Å²) in [6, 6.07) is 13.9. The lowest BCUT2D eigenvalue weighted by molar-refractivity contribution is -0.157. The summed E-state index contributed by atoms with van der Waals surface area (Å²) in [5.41, 5.74) is 2.85. The van der Waals surface area contributed by atoms with Crippen LogP contribution in [0.1, 0.15) is 36.2 Å². The van der Waals surface area contributed by atoms with E-state index in [4.69, 9.17) is 4.74 Å². The highest BCUT2D eigenvalue weighted by molar-refractivity contribution is 6.00. The molecule has 3 rings (SSSR count). The molecule has 0 radical (unpaired) electrons. The highest BCUT2D eigenvalue weighted by Gasteiger charge is 2.37. The van der Waals surface area contributed by atoms with Crippen molar-refractivity contribution in [1.82, 2.24) is 0 Å². The molecule has 0 aliphatic carbocycles. The molecule has 1 fully saturated rings. The molecule has 2 unspecified atom stereocenters. The van der Waals surface area contributed by atoms with Gasteiger partial charge in [0.15, 0.2) is 11.9 Å². The molecule has 2 aromatic rings. The number of nitrogens with zero attached hydrogens (tertiary/aromatic N) is 1. The van der Waals surface area contributed by atoms with E-state index in [1.165, 1.54) is 13.8 Å². The Balaban J connectivity index is 1.55. The Kier molecular flexibility index (Phi) is 6.30. The average molecular weight is 408 g/mol. The maximum Gasteiger partial charge on any atom is 0.312 e. The first-order chi connectivity index (χ1) is 14.2. The third kappa shape index (κ3) is 4.92. The van der Waals surface area contributed by atoms with E-state index < -0.39 is 23.9 Å². The normalized spacial score (nSPS) is 16.8. The van der Waals surface area contributed by atoms with Crippen LogP contribution in [0.2, 0.25) is 0 Å². The molecule has 1 aliphatic rings. The molecule has 0 saturated carbocycles. The van der Waals surface area contributed by atoms with E-state index in [1.54, 1.807) is 29.2 Å². The summed E-state index contributed by atoms with van der Waals surface area (Å²) in [7, 11) is 0. The van der Waals surface area contributed by atoms with Crippen molar-refractivity contribution in [2.24, 2.45) is 5.92 Å². The standard InChI is InChI=1S/C23H24N2O5/c1-14-4-10-20(11-5-14)25-13-18(12-21(25)27)23(29)30-16(3)22(28)24-19-8-6-17(7-9-19)15(2)26/h4-11,16,18H,12-13H2,1-3H3,(H,24,28). The van der Waals surface area contributed by atoms with Crippen LogP contribution in [0.15, 0.2) is 48.5 Å². The Morgan fingerprint density at radius 3 is 2.30 bits per heavy atom. The van der Waals surface area contributed by atoms with Crippen molar-refractivity contribution in [2.45, 2.75) is 33.3 Å². The molecule has 156 valence electrons. The van der Waals surface area contributed by atoms with Gasteiger partial charge in [0.1, 0.15) is 0 Å². The van der Waals surface area contributed by atoms with Crippen molar-refractivity contribution < 1.29 is 23.9 Å². The van der Waals surface area contributed by atoms with Crippen LogP contribution in [0.25, 0.3) is 0 Å². The first-order valence-electron chi connectivity index (χ1n) is 9.74.